The minimum Gasteiger partial charge on any atom is -0.338 e. The third kappa shape index (κ3) is 4.35. The molecule has 8 nitrogen and oxygen atoms in total. The smallest absolute Gasteiger partial charge is 0.325 e. The molecule has 3 fully saturated rings. The molecule has 8 heteroatoms. The number of hydrogen-bond donors (Lipinski definition) is 2. The van der Waals surface area contributed by atoms with Crippen molar-refractivity contribution in [2.24, 2.45) is 11.8 Å². The largest absolute Gasteiger partial charge is 0.338 e. The first-order chi connectivity index (χ1) is 15.6. The average molecular weight is 455 g/mol. The number of nitrogens with zero attached hydrogens (tertiary/aromatic N) is 2. The van der Waals surface area contributed by atoms with E-state index in [9.17, 15) is 19.2 Å². The van der Waals surface area contributed by atoms with Gasteiger partial charge in [0.1, 0.15) is 11.6 Å². The Morgan fingerprint density at radius 2 is 1.76 bits per heavy atom. The number of carbonyl (C=O) groups excluding carboxylic acids is 4. The molecule has 1 aliphatic carbocycles. The van der Waals surface area contributed by atoms with E-state index >= 15 is 0 Å². The number of hydrogen-bond acceptors (Lipinski definition) is 4. The van der Waals surface area contributed by atoms with Gasteiger partial charge in [-0.05, 0) is 62.6 Å². The van der Waals surface area contributed by atoms with Gasteiger partial charge >= 0.3 is 6.03 Å². The topological polar surface area (TPSA) is 98.8 Å². The molecule has 1 saturated carbocycles. The Bertz CT molecular complexity index is 975. The highest BCUT2D eigenvalue weighted by Crippen LogP contribution is 2.36. The van der Waals surface area contributed by atoms with Crippen LogP contribution >= 0.6 is 0 Å². The van der Waals surface area contributed by atoms with Gasteiger partial charge in [0.2, 0.25) is 5.91 Å². The molecular formula is C25H34N4O4. The zero-order chi connectivity index (χ0) is 23.9. The van der Waals surface area contributed by atoms with Gasteiger partial charge in [0.25, 0.3) is 11.8 Å². The number of aryl methyl sites for hydroxylation is 1. The van der Waals surface area contributed by atoms with Crippen molar-refractivity contribution in [1.82, 2.24) is 15.1 Å². The van der Waals surface area contributed by atoms with Gasteiger partial charge in [0.15, 0.2) is 0 Å². The lowest BCUT2D eigenvalue weighted by molar-refractivity contribution is -0.136. The van der Waals surface area contributed by atoms with E-state index in [0.29, 0.717) is 35.9 Å². The molecule has 0 radical (unpaired) electrons. The Kier molecular flexibility index (Phi) is 6.20. The van der Waals surface area contributed by atoms with Crippen LogP contribution in [0.3, 0.4) is 0 Å². The molecule has 3 unspecified atom stereocenters. The summed E-state index contributed by atoms with van der Waals surface area (Å²) < 4.78 is 0. The number of piperidine rings is 1. The van der Waals surface area contributed by atoms with Crippen LogP contribution in [0.2, 0.25) is 0 Å². The van der Waals surface area contributed by atoms with Crippen LogP contribution in [0.4, 0.5) is 10.5 Å². The molecule has 1 aromatic rings. The Morgan fingerprint density at radius 3 is 2.39 bits per heavy atom. The normalized spacial score (nSPS) is 25.3. The van der Waals surface area contributed by atoms with Crippen molar-refractivity contribution in [3.63, 3.8) is 0 Å². The Balaban J connectivity index is 1.48. The number of anilines is 1. The lowest BCUT2D eigenvalue weighted by Crippen LogP contribution is -2.48. The van der Waals surface area contributed by atoms with Crippen LogP contribution in [0, 0.1) is 18.8 Å². The second-order valence-electron chi connectivity index (χ2n) is 10.2. The molecule has 178 valence electrons. The number of likely N-dealkylation sites (tertiary alicyclic amines) is 1. The number of amides is 5. The fourth-order valence-corrected chi connectivity index (χ4v) is 5.57. The Labute approximate surface area is 195 Å². The van der Waals surface area contributed by atoms with Crippen LogP contribution < -0.4 is 10.6 Å². The van der Waals surface area contributed by atoms with Gasteiger partial charge < -0.3 is 15.5 Å². The fourth-order valence-electron chi connectivity index (χ4n) is 5.57. The SMILES string of the molecule is Cc1ccc(C(=O)N2CC(C)CC(C)C2)cc1NC(=O)C(C)N1C(=O)NC2(CCCC2)C1=O. The number of nitrogens with one attached hydrogen (secondary N) is 2. The number of rotatable bonds is 4. The summed E-state index contributed by atoms with van der Waals surface area (Å²) in [7, 11) is 0. The molecule has 2 saturated heterocycles. The molecule has 0 bridgehead atoms. The average Bonchev–Trinajstić information content (AvgIpc) is 3.32. The highest BCUT2D eigenvalue weighted by atomic mass is 16.2. The van der Waals surface area contributed by atoms with E-state index in [-0.39, 0.29) is 11.8 Å². The molecule has 2 N–H and O–H groups in total. The summed E-state index contributed by atoms with van der Waals surface area (Å²) in [6, 6.07) is 3.81. The molecule has 5 amide bonds. The van der Waals surface area contributed by atoms with Crippen LogP contribution in [0.25, 0.3) is 0 Å². The molecular weight excluding hydrogens is 420 g/mol. The van der Waals surface area contributed by atoms with E-state index in [0.717, 1.165) is 42.8 Å². The quantitative estimate of drug-likeness (QED) is 0.682. The summed E-state index contributed by atoms with van der Waals surface area (Å²) >= 11 is 0. The first kappa shape index (κ1) is 23.3. The summed E-state index contributed by atoms with van der Waals surface area (Å²) in [5.41, 5.74) is 0.983. The van der Waals surface area contributed by atoms with Crippen molar-refractivity contribution >= 4 is 29.4 Å². The van der Waals surface area contributed by atoms with Crippen molar-refractivity contribution in [3.8, 4) is 0 Å². The standard InChI is InChI=1S/C25H34N4O4/c1-15-11-16(2)14-28(13-15)22(31)19-8-7-17(3)20(12-19)26-21(30)18(4)29-23(32)25(27-24(29)33)9-5-6-10-25/h7-8,12,15-16,18H,5-6,9-11,13-14H2,1-4H3,(H,26,30)(H,27,33). The monoisotopic (exact) mass is 454 g/mol. The van der Waals surface area contributed by atoms with Crippen LogP contribution in [0.1, 0.15) is 68.8 Å². The lowest BCUT2D eigenvalue weighted by Gasteiger charge is -2.35. The van der Waals surface area contributed by atoms with Crippen LogP contribution in [-0.2, 0) is 9.59 Å². The second kappa shape index (κ2) is 8.80. The highest BCUT2D eigenvalue weighted by Gasteiger charge is 2.54. The minimum atomic E-state index is -0.958. The molecule has 33 heavy (non-hydrogen) atoms. The maximum absolute atomic E-state index is 13.1. The predicted octanol–water partition coefficient (Wildman–Crippen LogP) is 3.30. The highest BCUT2D eigenvalue weighted by molar-refractivity contribution is 6.11. The van der Waals surface area contributed by atoms with Crippen LogP contribution in [-0.4, -0.2) is 58.2 Å². The Morgan fingerprint density at radius 1 is 1.12 bits per heavy atom. The number of carbonyl (C=O) groups is 4. The molecule has 2 heterocycles. The molecule has 1 aromatic carbocycles. The van der Waals surface area contributed by atoms with Gasteiger partial charge in [0, 0.05) is 24.3 Å². The zero-order valence-corrected chi connectivity index (χ0v) is 19.9. The first-order valence-electron chi connectivity index (χ1n) is 12.0. The molecule has 1 spiro atoms. The summed E-state index contributed by atoms with van der Waals surface area (Å²) in [4.78, 5) is 54.6. The molecule has 3 aliphatic rings. The molecule has 2 aliphatic heterocycles. The molecule has 4 rings (SSSR count). The predicted molar refractivity (Wildman–Crippen MR) is 125 cm³/mol. The van der Waals surface area contributed by atoms with Crippen molar-refractivity contribution in [1.29, 1.82) is 0 Å². The van der Waals surface area contributed by atoms with Gasteiger partial charge in [-0.1, -0.05) is 32.8 Å². The van der Waals surface area contributed by atoms with Crippen molar-refractivity contribution in [2.75, 3.05) is 18.4 Å². The van der Waals surface area contributed by atoms with E-state index in [1.54, 1.807) is 19.1 Å². The fraction of sp³-hybridized carbons (Fsp3) is 0.600. The summed E-state index contributed by atoms with van der Waals surface area (Å²) in [5.74, 6) is 0.0864. The van der Waals surface area contributed by atoms with Crippen LogP contribution in [0.5, 0.6) is 0 Å². The van der Waals surface area contributed by atoms with Gasteiger partial charge in [-0.15, -0.1) is 0 Å². The summed E-state index contributed by atoms with van der Waals surface area (Å²) in [6.45, 7) is 9.17. The third-order valence-corrected chi connectivity index (χ3v) is 7.32. The first-order valence-corrected chi connectivity index (χ1v) is 12.0. The minimum absolute atomic E-state index is 0.0470. The van der Waals surface area contributed by atoms with Gasteiger partial charge in [-0.2, -0.15) is 0 Å². The Hall–Kier alpha value is -2.90. The number of imide groups is 1. The zero-order valence-electron chi connectivity index (χ0n) is 19.9. The van der Waals surface area contributed by atoms with Gasteiger partial charge in [-0.25, -0.2) is 9.69 Å². The summed E-state index contributed by atoms with van der Waals surface area (Å²) in [5, 5.41) is 5.65. The van der Waals surface area contributed by atoms with Gasteiger partial charge in [0.05, 0.1) is 0 Å². The lowest BCUT2D eigenvalue weighted by atomic mass is 9.91. The van der Waals surface area contributed by atoms with Crippen LogP contribution in [0.15, 0.2) is 18.2 Å². The molecule has 0 aromatic heterocycles. The van der Waals surface area contributed by atoms with E-state index in [4.69, 9.17) is 0 Å². The van der Waals surface area contributed by atoms with Crippen molar-refractivity contribution < 1.29 is 19.2 Å². The maximum Gasteiger partial charge on any atom is 0.325 e. The third-order valence-electron chi connectivity index (χ3n) is 7.32. The van der Waals surface area contributed by atoms with E-state index in [2.05, 4.69) is 24.5 Å². The maximum atomic E-state index is 13.1. The summed E-state index contributed by atoms with van der Waals surface area (Å²) in [6.07, 6.45) is 4.10. The second-order valence-corrected chi connectivity index (χ2v) is 10.2. The number of urea groups is 1. The number of benzene rings is 1. The van der Waals surface area contributed by atoms with E-state index in [1.165, 1.54) is 0 Å². The van der Waals surface area contributed by atoms with Gasteiger partial charge in [-0.3, -0.25) is 14.4 Å². The van der Waals surface area contributed by atoms with Crippen molar-refractivity contribution in [3.05, 3.63) is 29.3 Å². The molecule has 3 atom stereocenters. The van der Waals surface area contributed by atoms with E-state index < -0.39 is 23.5 Å². The van der Waals surface area contributed by atoms with Crippen molar-refractivity contribution in [2.45, 2.75) is 71.4 Å². The van der Waals surface area contributed by atoms with E-state index in [1.807, 2.05) is 17.9 Å².